The third kappa shape index (κ3) is 3.43. The summed E-state index contributed by atoms with van der Waals surface area (Å²) in [6.07, 6.45) is 5.67. The molecule has 0 bridgehead atoms. The van der Waals surface area contributed by atoms with Gasteiger partial charge in [-0.25, -0.2) is 0 Å². The van der Waals surface area contributed by atoms with E-state index in [9.17, 15) is 5.11 Å². The molecule has 1 aliphatic rings. The van der Waals surface area contributed by atoms with Crippen molar-refractivity contribution in [2.24, 2.45) is 0 Å². The van der Waals surface area contributed by atoms with Crippen LogP contribution in [0.1, 0.15) is 32.1 Å². The maximum Gasteiger partial charge on any atom is 0.0613 e. The zero-order chi connectivity index (χ0) is 10.4. The first-order chi connectivity index (χ1) is 6.72. The molecule has 0 aromatic heterocycles. The number of nitrogens with one attached hydrogen (secondary N) is 1. The fourth-order valence-electron chi connectivity index (χ4n) is 1.93. The Kier molecular flexibility index (Phi) is 5.24. The van der Waals surface area contributed by atoms with Crippen LogP contribution in [0.15, 0.2) is 10.6 Å². The Labute approximate surface area is 95.3 Å². The Balaban J connectivity index is 2.44. The summed E-state index contributed by atoms with van der Waals surface area (Å²) in [7, 11) is 0. The van der Waals surface area contributed by atoms with Crippen molar-refractivity contribution in [2.75, 3.05) is 13.2 Å². The summed E-state index contributed by atoms with van der Waals surface area (Å²) >= 11 is 11.3. The fourth-order valence-corrected chi connectivity index (χ4v) is 2.07. The minimum atomic E-state index is -0.127. The van der Waals surface area contributed by atoms with E-state index in [2.05, 4.69) is 5.32 Å². The van der Waals surface area contributed by atoms with Crippen LogP contribution in [0.2, 0.25) is 0 Å². The molecule has 0 amide bonds. The van der Waals surface area contributed by atoms with Gasteiger partial charge >= 0.3 is 0 Å². The lowest BCUT2D eigenvalue weighted by atomic mass is 9.82. The molecule has 0 heterocycles. The Hall–Kier alpha value is 0.240. The molecule has 0 spiro atoms. The van der Waals surface area contributed by atoms with Crippen molar-refractivity contribution in [3.8, 4) is 0 Å². The highest BCUT2D eigenvalue weighted by Crippen LogP contribution is 2.27. The predicted octanol–water partition coefficient (Wildman–Crippen LogP) is 2.59. The zero-order valence-electron chi connectivity index (χ0n) is 8.23. The number of rotatable bonds is 4. The lowest BCUT2D eigenvalue weighted by molar-refractivity contribution is 0.124. The van der Waals surface area contributed by atoms with Gasteiger partial charge in [-0.3, -0.25) is 0 Å². The molecule has 0 atom stereocenters. The van der Waals surface area contributed by atoms with Crippen LogP contribution in [0.3, 0.4) is 0 Å². The van der Waals surface area contributed by atoms with E-state index in [1.807, 2.05) is 0 Å². The lowest BCUT2D eigenvalue weighted by Crippen LogP contribution is -2.50. The van der Waals surface area contributed by atoms with Gasteiger partial charge in [-0.05, 0) is 12.8 Å². The smallest absolute Gasteiger partial charge is 0.0613 e. The van der Waals surface area contributed by atoms with Crippen molar-refractivity contribution in [2.45, 2.75) is 37.6 Å². The number of hydrogen-bond acceptors (Lipinski definition) is 2. The quantitative estimate of drug-likeness (QED) is 0.789. The molecular formula is C10H17Cl2NO. The largest absolute Gasteiger partial charge is 0.394 e. The van der Waals surface area contributed by atoms with Crippen molar-refractivity contribution in [1.82, 2.24) is 5.32 Å². The second kappa shape index (κ2) is 5.96. The third-order valence-corrected chi connectivity index (χ3v) is 3.48. The molecule has 82 valence electrons. The summed E-state index contributed by atoms with van der Waals surface area (Å²) < 4.78 is 0. The van der Waals surface area contributed by atoms with Crippen molar-refractivity contribution >= 4 is 23.2 Å². The second-order valence-corrected chi connectivity index (χ2v) is 4.61. The Morgan fingerprint density at radius 2 is 2.00 bits per heavy atom. The molecular weight excluding hydrogens is 221 g/mol. The average Bonchev–Trinajstić information content (AvgIpc) is 2.27. The van der Waals surface area contributed by atoms with E-state index in [1.165, 1.54) is 24.8 Å². The van der Waals surface area contributed by atoms with Gasteiger partial charge in [0.05, 0.1) is 6.61 Å². The molecule has 1 fully saturated rings. The van der Waals surface area contributed by atoms with Crippen LogP contribution in [0.25, 0.3) is 0 Å². The van der Waals surface area contributed by atoms with Gasteiger partial charge in [0.15, 0.2) is 0 Å². The first kappa shape index (κ1) is 12.3. The molecule has 1 saturated carbocycles. The molecule has 1 rings (SSSR count). The number of hydrogen-bond donors (Lipinski definition) is 2. The van der Waals surface area contributed by atoms with Crippen molar-refractivity contribution in [3.63, 3.8) is 0 Å². The molecule has 0 aliphatic heterocycles. The standard InChI is InChI=1S/C10H17Cl2NO/c11-6-9(12)7-13-10(8-14)4-2-1-3-5-10/h6,13-14H,1-5,7-8H2. The number of aliphatic hydroxyl groups excluding tert-OH is 1. The van der Waals surface area contributed by atoms with Crippen molar-refractivity contribution in [1.29, 1.82) is 0 Å². The van der Waals surface area contributed by atoms with Gasteiger partial charge in [-0.15, -0.1) is 0 Å². The van der Waals surface area contributed by atoms with Gasteiger partial charge < -0.3 is 10.4 Å². The van der Waals surface area contributed by atoms with E-state index in [-0.39, 0.29) is 12.1 Å². The van der Waals surface area contributed by atoms with Crippen LogP contribution in [-0.2, 0) is 0 Å². The highest BCUT2D eigenvalue weighted by molar-refractivity contribution is 6.36. The molecule has 0 radical (unpaired) electrons. The summed E-state index contributed by atoms with van der Waals surface area (Å²) in [4.78, 5) is 0. The Morgan fingerprint density at radius 1 is 1.36 bits per heavy atom. The highest BCUT2D eigenvalue weighted by Gasteiger charge is 2.30. The maximum absolute atomic E-state index is 9.37. The van der Waals surface area contributed by atoms with Crippen LogP contribution >= 0.6 is 23.2 Å². The maximum atomic E-state index is 9.37. The summed E-state index contributed by atoms with van der Waals surface area (Å²) in [5.41, 5.74) is 1.24. The molecule has 1 aliphatic carbocycles. The van der Waals surface area contributed by atoms with Crippen molar-refractivity contribution in [3.05, 3.63) is 10.6 Å². The topological polar surface area (TPSA) is 32.3 Å². The van der Waals surface area contributed by atoms with Gasteiger partial charge in [-0.2, -0.15) is 0 Å². The molecule has 14 heavy (non-hydrogen) atoms. The minimum absolute atomic E-state index is 0.127. The van der Waals surface area contributed by atoms with E-state index in [4.69, 9.17) is 23.2 Å². The van der Waals surface area contributed by atoms with E-state index in [0.29, 0.717) is 11.6 Å². The highest BCUT2D eigenvalue weighted by atomic mass is 35.5. The molecule has 2 nitrogen and oxygen atoms in total. The van der Waals surface area contributed by atoms with Crippen LogP contribution in [0, 0.1) is 0 Å². The van der Waals surface area contributed by atoms with E-state index in [1.54, 1.807) is 0 Å². The third-order valence-electron chi connectivity index (χ3n) is 2.86. The summed E-state index contributed by atoms with van der Waals surface area (Å²) in [5, 5.41) is 13.3. The molecule has 2 N–H and O–H groups in total. The molecule has 0 aromatic carbocycles. The van der Waals surface area contributed by atoms with Crippen LogP contribution in [0.5, 0.6) is 0 Å². The molecule has 0 aromatic rings. The van der Waals surface area contributed by atoms with E-state index >= 15 is 0 Å². The summed E-state index contributed by atoms with van der Waals surface area (Å²) in [5.74, 6) is 0. The van der Waals surface area contributed by atoms with Gasteiger partial charge in [-0.1, -0.05) is 42.5 Å². The number of aliphatic hydroxyl groups is 1. The zero-order valence-corrected chi connectivity index (χ0v) is 9.74. The Bertz CT molecular complexity index is 200. The first-order valence-corrected chi connectivity index (χ1v) is 5.84. The van der Waals surface area contributed by atoms with Crippen LogP contribution in [0.4, 0.5) is 0 Å². The van der Waals surface area contributed by atoms with Gasteiger partial charge in [0.25, 0.3) is 0 Å². The molecule has 4 heteroatoms. The predicted molar refractivity (Wildman–Crippen MR) is 60.7 cm³/mol. The first-order valence-electron chi connectivity index (χ1n) is 5.03. The monoisotopic (exact) mass is 237 g/mol. The van der Waals surface area contributed by atoms with E-state index < -0.39 is 0 Å². The van der Waals surface area contributed by atoms with Crippen LogP contribution in [-0.4, -0.2) is 23.8 Å². The average molecular weight is 238 g/mol. The number of halogens is 2. The van der Waals surface area contributed by atoms with Gasteiger partial charge in [0.2, 0.25) is 0 Å². The van der Waals surface area contributed by atoms with E-state index in [0.717, 1.165) is 12.8 Å². The van der Waals surface area contributed by atoms with Crippen LogP contribution < -0.4 is 5.32 Å². The molecule has 0 saturated heterocycles. The minimum Gasteiger partial charge on any atom is -0.394 e. The SMILES string of the molecule is OCC1(NCC(Cl)=CCl)CCCCC1. The summed E-state index contributed by atoms with van der Waals surface area (Å²) in [6.45, 7) is 0.727. The van der Waals surface area contributed by atoms with Gasteiger partial charge in [0, 0.05) is 22.7 Å². The fraction of sp³-hybridized carbons (Fsp3) is 0.800. The lowest BCUT2D eigenvalue weighted by Gasteiger charge is -2.36. The Morgan fingerprint density at radius 3 is 2.50 bits per heavy atom. The summed E-state index contributed by atoms with van der Waals surface area (Å²) in [6, 6.07) is 0. The second-order valence-electron chi connectivity index (χ2n) is 3.91. The molecule has 0 unspecified atom stereocenters. The van der Waals surface area contributed by atoms with Crippen molar-refractivity contribution < 1.29 is 5.11 Å². The normalized spacial score (nSPS) is 22.4. The van der Waals surface area contributed by atoms with Gasteiger partial charge in [0.1, 0.15) is 0 Å².